The number of halogens is 1. The van der Waals surface area contributed by atoms with E-state index in [4.69, 9.17) is 5.11 Å². The topological polar surface area (TPSA) is 91.7 Å². The predicted octanol–water partition coefficient (Wildman–Crippen LogP) is 1.61. The highest BCUT2D eigenvalue weighted by Gasteiger charge is 2.39. The monoisotopic (exact) mass is 316 g/mol. The van der Waals surface area contributed by atoms with Crippen molar-refractivity contribution in [2.45, 2.75) is 36.2 Å². The van der Waals surface area contributed by atoms with E-state index < -0.39 is 38.9 Å². The largest absolute Gasteiger partial charge is 0.481 e. The molecule has 0 unspecified atom stereocenters. The van der Waals surface area contributed by atoms with Gasteiger partial charge in [-0.2, -0.15) is 0 Å². The second-order valence-corrected chi connectivity index (χ2v) is 7.54. The fourth-order valence-corrected chi connectivity index (χ4v) is 4.34. The fourth-order valence-electron chi connectivity index (χ4n) is 2.63. The van der Waals surface area contributed by atoms with E-state index in [1.165, 1.54) is 0 Å². The third kappa shape index (κ3) is 3.79. The first-order valence-corrected chi connectivity index (χ1v) is 8.31. The van der Waals surface area contributed by atoms with Crippen LogP contribution >= 0.6 is 0 Å². The number of aliphatic hydroxyl groups is 1. The van der Waals surface area contributed by atoms with Crippen molar-refractivity contribution >= 4 is 15.8 Å². The van der Waals surface area contributed by atoms with Crippen molar-refractivity contribution in [3.05, 3.63) is 30.1 Å². The zero-order valence-corrected chi connectivity index (χ0v) is 12.1. The Labute approximate surface area is 122 Å². The molecule has 1 aromatic carbocycles. The van der Waals surface area contributed by atoms with Gasteiger partial charge in [0.1, 0.15) is 5.82 Å². The van der Waals surface area contributed by atoms with Crippen LogP contribution in [0.3, 0.4) is 0 Å². The lowest BCUT2D eigenvalue weighted by Gasteiger charge is -2.34. The van der Waals surface area contributed by atoms with Gasteiger partial charge < -0.3 is 10.2 Å². The lowest BCUT2D eigenvalue weighted by molar-refractivity contribution is -0.144. The van der Waals surface area contributed by atoms with Gasteiger partial charge in [0.05, 0.1) is 22.2 Å². The molecule has 0 spiro atoms. The van der Waals surface area contributed by atoms with E-state index in [1.807, 2.05) is 0 Å². The van der Waals surface area contributed by atoms with Crippen LogP contribution in [0.5, 0.6) is 0 Å². The average molecular weight is 316 g/mol. The summed E-state index contributed by atoms with van der Waals surface area (Å²) in [4.78, 5) is 10.8. The number of hydrogen-bond donors (Lipinski definition) is 2. The van der Waals surface area contributed by atoms with Gasteiger partial charge in [0.2, 0.25) is 0 Å². The maximum atomic E-state index is 12.8. The van der Waals surface area contributed by atoms with E-state index in [0.717, 1.165) is 24.3 Å². The van der Waals surface area contributed by atoms with Crippen molar-refractivity contribution in [3.8, 4) is 0 Å². The van der Waals surface area contributed by atoms with Crippen LogP contribution in [0.4, 0.5) is 4.39 Å². The molecule has 0 heterocycles. The van der Waals surface area contributed by atoms with Crippen LogP contribution in [-0.2, 0) is 14.6 Å². The van der Waals surface area contributed by atoms with Gasteiger partial charge in [-0.1, -0.05) is 0 Å². The summed E-state index contributed by atoms with van der Waals surface area (Å²) >= 11 is 0. The van der Waals surface area contributed by atoms with E-state index in [0.29, 0.717) is 0 Å². The van der Waals surface area contributed by atoms with Gasteiger partial charge in [-0.05, 0) is 49.9 Å². The van der Waals surface area contributed by atoms with Crippen LogP contribution in [0.15, 0.2) is 29.2 Å². The molecule has 1 aromatic rings. The molecule has 0 bridgehead atoms. The van der Waals surface area contributed by atoms with E-state index >= 15 is 0 Å². The summed E-state index contributed by atoms with van der Waals surface area (Å²) in [7, 11) is -3.74. The first kappa shape index (κ1) is 15.9. The fraction of sp³-hybridized carbons (Fsp3) is 0.500. The summed E-state index contributed by atoms with van der Waals surface area (Å²) in [6.45, 7) is 0. The second kappa shape index (κ2) is 5.73. The Kier molecular flexibility index (Phi) is 4.34. The van der Waals surface area contributed by atoms with Gasteiger partial charge in [-0.3, -0.25) is 4.79 Å². The minimum atomic E-state index is -3.74. The highest BCUT2D eigenvalue weighted by molar-refractivity contribution is 7.91. The summed E-state index contributed by atoms with van der Waals surface area (Å²) in [6.07, 6.45) is 0.768. The molecule has 1 saturated carbocycles. The van der Waals surface area contributed by atoms with Gasteiger partial charge >= 0.3 is 5.97 Å². The summed E-state index contributed by atoms with van der Waals surface area (Å²) in [5, 5.41) is 19.3. The molecule has 0 radical (unpaired) electrons. The first-order valence-electron chi connectivity index (χ1n) is 6.65. The number of benzene rings is 1. The van der Waals surface area contributed by atoms with Crippen molar-refractivity contribution in [1.82, 2.24) is 0 Å². The Bertz CT molecular complexity index is 615. The number of carboxylic acids is 1. The maximum Gasteiger partial charge on any atom is 0.306 e. The lowest BCUT2D eigenvalue weighted by Crippen LogP contribution is -2.42. The van der Waals surface area contributed by atoms with Gasteiger partial charge in [-0.25, -0.2) is 12.8 Å². The average Bonchev–Trinajstić information content (AvgIpc) is 2.38. The van der Waals surface area contributed by atoms with E-state index in [-0.39, 0.29) is 30.6 Å². The molecule has 7 heteroatoms. The highest BCUT2D eigenvalue weighted by Crippen LogP contribution is 2.34. The third-order valence-electron chi connectivity index (χ3n) is 3.90. The van der Waals surface area contributed by atoms with Crippen LogP contribution in [0.2, 0.25) is 0 Å². The standard InChI is InChI=1S/C14H17FO5S/c15-11-1-3-12(4-2-11)21(19,20)9-14(18)7-5-10(6-8-14)13(16)17/h1-4,10,18H,5-9H2,(H,16,17). The number of carboxylic acid groups (broad SMARTS) is 1. The molecule has 21 heavy (non-hydrogen) atoms. The molecule has 0 atom stereocenters. The SMILES string of the molecule is O=C(O)C1CCC(O)(CS(=O)(=O)c2ccc(F)cc2)CC1. The van der Waals surface area contributed by atoms with Gasteiger partial charge in [0, 0.05) is 0 Å². The first-order chi connectivity index (χ1) is 9.72. The molecule has 5 nitrogen and oxygen atoms in total. The van der Waals surface area contributed by atoms with Crippen LogP contribution in [0, 0.1) is 11.7 Å². The molecule has 1 aliphatic rings. The summed E-state index contributed by atoms with van der Waals surface area (Å²) in [5.41, 5.74) is -1.42. The molecule has 116 valence electrons. The Hall–Kier alpha value is -1.47. The van der Waals surface area contributed by atoms with Crippen molar-refractivity contribution in [2.24, 2.45) is 5.92 Å². The number of hydrogen-bond acceptors (Lipinski definition) is 4. The molecular formula is C14H17FO5S. The molecule has 0 amide bonds. The maximum absolute atomic E-state index is 12.8. The van der Waals surface area contributed by atoms with Gasteiger partial charge in [0.15, 0.2) is 9.84 Å². The molecule has 1 aliphatic carbocycles. The van der Waals surface area contributed by atoms with Crippen LogP contribution in [0.1, 0.15) is 25.7 Å². The smallest absolute Gasteiger partial charge is 0.306 e. The van der Waals surface area contributed by atoms with E-state index in [9.17, 15) is 22.7 Å². The highest BCUT2D eigenvalue weighted by atomic mass is 32.2. The summed E-state index contributed by atoms with van der Waals surface area (Å²) < 4.78 is 37.3. The number of rotatable bonds is 4. The van der Waals surface area contributed by atoms with Crippen LogP contribution < -0.4 is 0 Å². The molecule has 2 N–H and O–H groups in total. The Morgan fingerprint density at radius 3 is 2.24 bits per heavy atom. The number of aliphatic carboxylic acids is 1. The van der Waals surface area contributed by atoms with Crippen molar-refractivity contribution < 1.29 is 27.8 Å². The van der Waals surface area contributed by atoms with Crippen molar-refractivity contribution in [3.63, 3.8) is 0 Å². The normalized spacial score (nSPS) is 26.5. The minimum absolute atomic E-state index is 0.0438. The molecular weight excluding hydrogens is 299 g/mol. The molecule has 1 fully saturated rings. The molecule has 0 aromatic heterocycles. The van der Waals surface area contributed by atoms with Gasteiger partial charge in [0.25, 0.3) is 0 Å². The number of sulfone groups is 1. The Morgan fingerprint density at radius 2 is 1.76 bits per heavy atom. The summed E-state index contributed by atoms with van der Waals surface area (Å²) in [5.74, 6) is -2.45. The quantitative estimate of drug-likeness (QED) is 0.823. The molecule has 2 rings (SSSR count). The molecule has 0 saturated heterocycles. The summed E-state index contributed by atoms with van der Waals surface area (Å²) in [6, 6.07) is 4.43. The second-order valence-electron chi connectivity index (χ2n) is 5.55. The van der Waals surface area contributed by atoms with Crippen molar-refractivity contribution in [1.29, 1.82) is 0 Å². The van der Waals surface area contributed by atoms with Crippen LogP contribution in [-0.4, -0.2) is 36.0 Å². The predicted molar refractivity (Wildman–Crippen MR) is 73.0 cm³/mol. The number of carbonyl (C=O) groups is 1. The zero-order chi connectivity index (χ0) is 15.7. The minimum Gasteiger partial charge on any atom is -0.481 e. The lowest BCUT2D eigenvalue weighted by atomic mass is 9.80. The Morgan fingerprint density at radius 1 is 1.24 bits per heavy atom. The van der Waals surface area contributed by atoms with Crippen molar-refractivity contribution in [2.75, 3.05) is 5.75 Å². The van der Waals surface area contributed by atoms with Gasteiger partial charge in [-0.15, -0.1) is 0 Å². The van der Waals surface area contributed by atoms with E-state index in [1.54, 1.807) is 0 Å². The zero-order valence-electron chi connectivity index (χ0n) is 11.3. The van der Waals surface area contributed by atoms with Crippen LogP contribution in [0.25, 0.3) is 0 Å². The Balaban J connectivity index is 2.10. The van der Waals surface area contributed by atoms with E-state index in [2.05, 4.69) is 0 Å². The third-order valence-corrected chi connectivity index (χ3v) is 5.80. The molecule has 0 aliphatic heterocycles.